The van der Waals surface area contributed by atoms with E-state index in [4.69, 9.17) is 6.80 Å². The normalized spacial score (nSPS) is 1.33. The zero-order valence-corrected chi connectivity index (χ0v) is 5.86. The van der Waals surface area contributed by atoms with Crippen LogP contribution in [0.3, 0.4) is 0 Å². The number of halogens is 4. The van der Waals surface area contributed by atoms with Gasteiger partial charge in [-0.05, 0) is 0 Å². The van der Waals surface area contributed by atoms with Gasteiger partial charge in [0.05, 0.1) is 0 Å². The van der Waals surface area contributed by atoms with Crippen LogP contribution in [0.5, 0.6) is 0 Å². The van der Waals surface area contributed by atoms with Crippen molar-refractivity contribution in [2.75, 3.05) is 0 Å². The molecule has 9 heteroatoms. The molecule has 0 heterocycles. The van der Waals surface area contributed by atoms with Crippen molar-refractivity contribution in [2.24, 2.45) is 0 Å². The van der Waals surface area contributed by atoms with E-state index in [0.717, 1.165) is 0 Å². The maximum absolute atomic E-state index is 8.50. The van der Waals surface area contributed by atoms with Gasteiger partial charge < -0.3 is 11.0 Å². The Morgan fingerprint density at radius 3 is 0.667 bits per heavy atom. The molecule has 0 atom stereocenters. The summed E-state index contributed by atoms with van der Waals surface area (Å²) in [6.45, 7) is 0. The molecule has 0 aliphatic rings. The first-order valence-electron chi connectivity index (χ1n) is 0.333. The molecule has 0 fully saturated rings. The van der Waals surface area contributed by atoms with Crippen LogP contribution in [-0.4, -0.2) is 11.0 Å². The fraction of sp³-hybridized carbons (Fsp3) is 0. The van der Waals surface area contributed by atoms with Gasteiger partial charge in [0.15, 0.2) is 0 Å². The van der Waals surface area contributed by atoms with Gasteiger partial charge in [-0.3, -0.25) is 18.8 Å². The minimum atomic E-state index is -2.03. The van der Waals surface area contributed by atoms with Crippen LogP contribution >= 0.6 is 0 Å². The maximum atomic E-state index is 8.50. The van der Waals surface area contributed by atoms with Gasteiger partial charge in [-0.2, -0.15) is 0 Å². The summed E-state index contributed by atoms with van der Waals surface area (Å²) in [7, 11) is 0. The Bertz CT molecular complexity index is 33.5. The number of hydrogen-bond acceptors (Lipinski definition) is 2. The SMILES string of the molecule is F.F.F.F.O.O.[O]=[Mo]=[O]. The summed E-state index contributed by atoms with van der Waals surface area (Å²) in [5.41, 5.74) is 0. The van der Waals surface area contributed by atoms with Crippen LogP contribution in [0.4, 0.5) is 18.8 Å². The summed E-state index contributed by atoms with van der Waals surface area (Å²) in [5, 5.41) is 0. The first-order valence-corrected chi connectivity index (χ1v) is 1.97. The average molecular weight is 244 g/mol. The minimum absolute atomic E-state index is 0. The molecule has 0 aromatic heterocycles. The van der Waals surface area contributed by atoms with Gasteiger partial charge in [0.25, 0.3) is 0 Å². The molecular weight excluding hydrogens is 236 g/mol. The molecule has 0 unspecified atom stereocenters. The zero-order chi connectivity index (χ0) is 2.71. The Labute approximate surface area is 55.9 Å². The fourth-order valence-electron chi connectivity index (χ4n) is 0. The molecule has 0 radical (unpaired) electrons. The van der Waals surface area contributed by atoms with Crippen molar-refractivity contribution in [3.63, 3.8) is 0 Å². The molecule has 0 aliphatic carbocycles. The molecule has 0 amide bonds. The van der Waals surface area contributed by atoms with Crippen LogP contribution in [-0.2, 0) is 25.3 Å². The molecule has 0 saturated carbocycles. The van der Waals surface area contributed by atoms with Crippen molar-refractivity contribution in [3.8, 4) is 0 Å². The van der Waals surface area contributed by atoms with E-state index in [2.05, 4.69) is 0 Å². The van der Waals surface area contributed by atoms with E-state index in [9.17, 15) is 0 Å². The van der Waals surface area contributed by atoms with E-state index in [-0.39, 0.29) is 29.8 Å². The van der Waals surface area contributed by atoms with Crippen molar-refractivity contribution < 1.29 is 55.1 Å². The predicted octanol–water partition coefficient (Wildman–Crippen LogP) is -1.28. The van der Waals surface area contributed by atoms with Gasteiger partial charge in [0.2, 0.25) is 0 Å². The Morgan fingerprint density at radius 2 is 0.667 bits per heavy atom. The van der Waals surface area contributed by atoms with Gasteiger partial charge >= 0.3 is 25.3 Å². The number of rotatable bonds is 0. The zero-order valence-electron chi connectivity index (χ0n) is 3.86. The summed E-state index contributed by atoms with van der Waals surface area (Å²) in [4.78, 5) is 0. The monoisotopic (exact) mass is 246 g/mol. The van der Waals surface area contributed by atoms with E-state index >= 15 is 0 Å². The van der Waals surface area contributed by atoms with Gasteiger partial charge in [0.1, 0.15) is 0 Å². The molecular formula is H8F4MoO4. The van der Waals surface area contributed by atoms with Gasteiger partial charge in [0, 0.05) is 0 Å². The van der Waals surface area contributed by atoms with Crippen LogP contribution < -0.4 is 0 Å². The second-order valence-corrected chi connectivity index (χ2v) is 0.403. The molecule has 4 N–H and O–H groups in total. The van der Waals surface area contributed by atoms with Gasteiger partial charge in [-0.1, -0.05) is 0 Å². The molecule has 0 aromatic rings. The van der Waals surface area contributed by atoms with Crippen LogP contribution in [0.1, 0.15) is 0 Å². The third-order valence-electron chi connectivity index (χ3n) is 0. The Morgan fingerprint density at radius 1 is 0.667 bits per heavy atom. The Balaban J connectivity index is -0.00000000133. The van der Waals surface area contributed by atoms with Crippen LogP contribution in [0, 0.1) is 0 Å². The molecule has 0 aromatic carbocycles. The van der Waals surface area contributed by atoms with Crippen molar-refractivity contribution in [2.45, 2.75) is 0 Å². The van der Waals surface area contributed by atoms with Crippen LogP contribution in [0.15, 0.2) is 0 Å². The first-order chi connectivity index (χ1) is 1.41. The summed E-state index contributed by atoms with van der Waals surface area (Å²) in [6, 6.07) is 0. The van der Waals surface area contributed by atoms with E-state index in [1.165, 1.54) is 0 Å². The van der Waals surface area contributed by atoms with Crippen molar-refractivity contribution in [1.82, 2.24) is 0 Å². The first kappa shape index (κ1) is 151. The quantitative estimate of drug-likeness (QED) is 0.391. The predicted molar refractivity (Wildman–Crippen MR) is 18.6 cm³/mol. The van der Waals surface area contributed by atoms with E-state index in [1.54, 1.807) is 0 Å². The van der Waals surface area contributed by atoms with E-state index in [1.807, 2.05) is 0 Å². The van der Waals surface area contributed by atoms with E-state index in [0.29, 0.717) is 0 Å². The topological polar surface area (TPSA) is 97.1 Å². The Kier molecular flexibility index (Phi) is 7410. The third kappa shape index (κ3) is 54200. The second-order valence-electron chi connectivity index (χ2n) is 0.0680. The standard InChI is InChI=1S/4FH.Mo.2H2O.2O/h4*1H;;2*1H2;;. The van der Waals surface area contributed by atoms with Gasteiger partial charge in [-0.25, -0.2) is 0 Å². The summed E-state index contributed by atoms with van der Waals surface area (Å²) < 4.78 is 17.0. The molecule has 0 bridgehead atoms. The summed E-state index contributed by atoms with van der Waals surface area (Å²) in [6.07, 6.45) is 0. The number of hydrogen-bond donors (Lipinski definition) is 0. The van der Waals surface area contributed by atoms with E-state index < -0.39 is 18.5 Å². The molecule has 9 heavy (non-hydrogen) atoms. The molecule has 0 saturated heterocycles. The molecule has 0 spiro atoms. The molecule has 4 nitrogen and oxygen atoms in total. The fourth-order valence-corrected chi connectivity index (χ4v) is 0. The average Bonchev–Trinajstić information content (AvgIpc) is 0.918. The van der Waals surface area contributed by atoms with Crippen LogP contribution in [0.25, 0.3) is 0 Å². The summed E-state index contributed by atoms with van der Waals surface area (Å²) in [5.74, 6) is 0. The van der Waals surface area contributed by atoms with Crippen molar-refractivity contribution >= 4 is 0 Å². The molecule has 0 rings (SSSR count). The molecule has 0 aliphatic heterocycles. The van der Waals surface area contributed by atoms with Gasteiger partial charge in [-0.15, -0.1) is 0 Å². The molecule has 66 valence electrons. The Hall–Kier alpha value is -0.0717. The van der Waals surface area contributed by atoms with Crippen molar-refractivity contribution in [1.29, 1.82) is 0 Å². The van der Waals surface area contributed by atoms with Crippen molar-refractivity contribution in [3.05, 3.63) is 0 Å². The van der Waals surface area contributed by atoms with Crippen LogP contribution in [0.2, 0.25) is 0 Å². The third-order valence-corrected chi connectivity index (χ3v) is 0. The second kappa shape index (κ2) is 442. The summed E-state index contributed by atoms with van der Waals surface area (Å²) >= 11 is -2.03.